The van der Waals surface area contributed by atoms with Crippen LogP contribution in [0.2, 0.25) is 0 Å². The minimum absolute atomic E-state index is 0.0949. The highest BCUT2D eigenvalue weighted by atomic mass is 16.9. The standard InChI is InChI=1S/C25H22N8O6/c26-22(35)21(29-19-8-9-27-25(30-19)28-12-4-6-17-18(10-12)39-32-38-17)13-2-1-3-14-15(13)11-33(24(14)37)16-5-7-20(34)31-23(16)36/h1-4,6,8-10,16,21,32H,5,7,11H2,(H2,26,35)(H,31,34,36)(H2,27,28,29,30). The van der Waals surface area contributed by atoms with Gasteiger partial charge in [0.25, 0.3) is 5.91 Å². The zero-order valence-corrected chi connectivity index (χ0v) is 20.3. The number of amides is 4. The van der Waals surface area contributed by atoms with Crippen molar-refractivity contribution in [3.05, 3.63) is 65.4 Å². The Kier molecular flexibility index (Phi) is 5.92. The maximum atomic E-state index is 13.2. The first-order chi connectivity index (χ1) is 18.9. The average Bonchev–Trinajstić information content (AvgIpc) is 3.51. The number of nitrogens with one attached hydrogen (secondary N) is 4. The number of carbonyl (C=O) groups is 4. The van der Waals surface area contributed by atoms with Crippen LogP contribution in [0.15, 0.2) is 48.7 Å². The van der Waals surface area contributed by atoms with Crippen LogP contribution < -0.4 is 37.0 Å². The van der Waals surface area contributed by atoms with Crippen LogP contribution in [0.25, 0.3) is 0 Å². The van der Waals surface area contributed by atoms with E-state index in [1.807, 2.05) is 0 Å². The van der Waals surface area contributed by atoms with Crippen molar-refractivity contribution in [1.82, 2.24) is 25.8 Å². The summed E-state index contributed by atoms with van der Waals surface area (Å²) in [4.78, 5) is 70.1. The fourth-order valence-corrected chi connectivity index (χ4v) is 4.82. The molecule has 6 rings (SSSR count). The van der Waals surface area contributed by atoms with E-state index in [4.69, 9.17) is 15.4 Å². The zero-order chi connectivity index (χ0) is 27.1. The SMILES string of the molecule is NC(=O)C(Nc1ccnc(Nc2ccc3c(c2)ONO3)n1)c1cccc2c1CN(C1CCC(=O)NC1=O)C2=O. The van der Waals surface area contributed by atoms with Crippen molar-refractivity contribution >= 4 is 41.1 Å². The Morgan fingerprint density at radius 1 is 1.13 bits per heavy atom. The second kappa shape index (κ2) is 9.57. The molecule has 3 aliphatic heterocycles. The highest BCUT2D eigenvalue weighted by molar-refractivity contribution is 6.05. The Labute approximate surface area is 220 Å². The van der Waals surface area contributed by atoms with Crippen molar-refractivity contribution in [2.24, 2.45) is 5.73 Å². The Hall–Kier alpha value is -5.24. The second-order valence-corrected chi connectivity index (χ2v) is 9.09. The van der Waals surface area contributed by atoms with Crippen LogP contribution in [-0.2, 0) is 20.9 Å². The Bertz CT molecular complexity index is 1530. The third-order valence-electron chi connectivity index (χ3n) is 6.66. The lowest BCUT2D eigenvalue weighted by molar-refractivity contribution is -0.137. The van der Waals surface area contributed by atoms with Crippen LogP contribution in [-0.4, -0.2) is 44.5 Å². The Morgan fingerprint density at radius 3 is 2.79 bits per heavy atom. The molecule has 14 heteroatoms. The first-order valence-corrected chi connectivity index (χ1v) is 12.0. The number of hydrogen-bond acceptors (Lipinski definition) is 11. The van der Waals surface area contributed by atoms with E-state index in [0.717, 1.165) is 0 Å². The van der Waals surface area contributed by atoms with E-state index in [-0.39, 0.29) is 37.1 Å². The van der Waals surface area contributed by atoms with Crippen LogP contribution in [0.1, 0.15) is 40.4 Å². The molecule has 3 aliphatic rings. The topological polar surface area (TPSA) is 190 Å². The van der Waals surface area contributed by atoms with E-state index in [1.54, 1.807) is 42.5 Å². The van der Waals surface area contributed by atoms with Crippen molar-refractivity contribution in [2.45, 2.75) is 31.5 Å². The fourth-order valence-electron chi connectivity index (χ4n) is 4.82. The van der Waals surface area contributed by atoms with Gasteiger partial charge in [0.1, 0.15) is 17.9 Å². The van der Waals surface area contributed by atoms with Gasteiger partial charge >= 0.3 is 0 Å². The van der Waals surface area contributed by atoms with Gasteiger partial charge in [0.2, 0.25) is 23.7 Å². The number of carbonyl (C=O) groups excluding carboxylic acids is 4. The molecule has 0 bridgehead atoms. The van der Waals surface area contributed by atoms with Gasteiger partial charge in [0.05, 0.1) is 0 Å². The molecule has 0 radical (unpaired) electrons. The molecule has 0 saturated carbocycles. The number of aromatic nitrogens is 2. The summed E-state index contributed by atoms with van der Waals surface area (Å²) in [6, 6.07) is 9.91. The lowest BCUT2D eigenvalue weighted by Crippen LogP contribution is -2.52. The van der Waals surface area contributed by atoms with Gasteiger partial charge in [-0.15, -0.1) is 0 Å². The minimum atomic E-state index is -1.03. The average molecular weight is 531 g/mol. The smallest absolute Gasteiger partial charge is 0.255 e. The Morgan fingerprint density at radius 2 is 1.97 bits per heavy atom. The summed E-state index contributed by atoms with van der Waals surface area (Å²) in [5.74, 6) is -0.348. The van der Waals surface area contributed by atoms with Gasteiger partial charge in [-0.2, -0.15) is 4.98 Å². The number of rotatable bonds is 7. The van der Waals surface area contributed by atoms with Gasteiger partial charge in [-0.05, 0) is 41.8 Å². The van der Waals surface area contributed by atoms with Crippen molar-refractivity contribution < 1.29 is 28.9 Å². The van der Waals surface area contributed by atoms with Gasteiger partial charge < -0.3 is 30.9 Å². The molecule has 2 aromatic carbocycles. The summed E-state index contributed by atoms with van der Waals surface area (Å²) in [7, 11) is 0. The van der Waals surface area contributed by atoms with E-state index in [9.17, 15) is 19.2 Å². The minimum Gasteiger partial charge on any atom is -0.370 e. The van der Waals surface area contributed by atoms with Gasteiger partial charge in [-0.3, -0.25) is 24.5 Å². The van der Waals surface area contributed by atoms with Crippen molar-refractivity contribution in [1.29, 1.82) is 0 Å². The number of primary amides is 1. The molecular formula is C25H22N8O6. The fraction of sp³-hybridized carbons (Fsp3) is 0.200. The molecular weight excluding hydrogens is 508 g/mol. The summed E-state index contributed by atoms with van der Waals surface area (Å²) < 4.78 is 0. The number of benzene rings is 2. The molecule has 2 atom stereocenters. The molecule has 1 aromatic heterocycles. The van der Waals surface area contributed by atoms with Crippen LogP contribution >= 0.6 is 0 Å². The molecule has 0 spiro atoms. The summed E-state index contributed by atoms with van der Waals surface area (Å²) >= 11 is 0. The van der Waals surface area contributed by atoms with E-state index in [1.165, 1.54) is 11.1 Å². The molecule has 2 unspecified atom stereocenters. The monoisotopic (exact) mass is 530 g/mol. The third kappa shape index (κ3) is 4.53. The lowest BCUT2D eigenvalue weighted by atomic mass is 9.96. The van der Waals surface area contributed by atoms with E-state index >= 15 is 0 Å². The van der Waals surface area contributed by atoms with Crippen molar-refractivity contribution in [2.75, 3.05) is 10.6 Å². The predicted octanol–water partition coefficient (Wildman–Crippen LogP) is 0.810. The summed E-state index contributed by atoms with van der Waals surface area (Å²) in [6.07, 6.45) is 1.88. The molecule has 39 heavy (non-hydrogen) atoms. The first-order valence-electron chi connectivity index (χ1n) is 12.0. The molecule has 4 amide bonds. The van der Waals surface area contributed by atoms with Gasteiger partial charge in [-0.25, -0.2) is 4.98 Å². The van der Waals surface area contributed by atoms with E-state index in [0.29, 0.717) is 39.7 Å². The number of hydrogen-bond donors (Lipinski definition) is 5. The number of anilines is 3. The molecule has 198 valence electrons. The van der Waals surface area contributed by atoms with Crippen LogP contribution in [0.3, 0.4) is 0 Å². The van der Waals surface area contributed by atoms with Crippen molar-refractivity contribution in [3.63, 3.8) is 0 Å². The number of imide groups is 1. The molecule has 1 saturated heterocycles. The maximum Gasteiger partial charge on any atom is 0.255 e. The highest BCUT2D eigenvalue weighted by Gasteiger charge is 2.40. The predicted molar refractivity (Wildman–Crippen MR) is 134 cm³/mol. The van der Waals surface area contributed by atoms with E-state index < -0.39 is 23.9 Å². The third-order valence-corrected chi connectivity index (χ3v) is 6.66. The number of fused-ring (bicyclic) bond motifs is 2. The maximum absolute atomic E-state index is 13.2. The number of piperidine rings is 1. The van der Waals surface area contributed by atoms with Crippen LogP contribution in [0.4, 0.5) is 17.5 Å². The molecule has 3 aromatic rings. The molecule has 14 nitrogen and oxygen atoms in total. The molecule has 1 fully saturated rings. The van der Waals surface area contributed by atoms with Gasteiger partial charge in [0.15, 0.2) is 11.5 Å². The highest BCUT2D eigenvalue weighted by Crippen LogP contribution is 2.35. The quantitative estimate of drug-likeness (QED) is 0.272. The Balaban J connectivity index is 1.24. The molecule has 4 heterocycles. The lowest BCUT2D eigenvalue weighted by Gasteiger charge is -2.29. The number of nitrogens with two attached hydrogens (primary N) is 1. The van der Waals surface area contributed by atoms with Crippen LogP contribution in [0.5, 0.6) is 11.5 Å². The van der Waals surface area contributed by atoms with Gasteiger partial charge in [-0.1, -0.05) is 12.1 Å². The molecule has 0 aliphatic carbocycles. The van der Waals surface area contributed by atoms with E-state index in [2.05, 4.69) is 31.6 Å². The molecule has 6 N–H and O–H groups in total. The normalized spacial score (nSPS) is 18.4. The van der Waals surface area contributed by atoms with Crippen molar-refractivity contribution in [3.8, 4) is 11.5 Å². The largest absolute Gasteiger partial charge is 0.370 e. The summed E-state index contributed by atoms with van der Waals surface area (Å²) in [6.45, 7) is 0.0949. The van der Waals surface area contributed by atoms with Crippen LogP contribution in [0, 0.1) is 0 Å². The zero-order valence-electron chi connectivity index (χ0n) is 20.3. The second-order valence-electron chi connectivity index (χ2n) is 9.09. The first kappa shape index (κ1) is 24.1. The summed E-state index contributed by atoms with van der Waals surface area (Å²) in [5.41, 5.74) is 10.2. The van der Waals surface area contributed by atoms with Gasteiger partial charge in [0, 0.05) is 42.1 Å². The summed E-state index contributed by atoms with van der Waals surface area (Å²) in [5, 5.41) is 8.38. The number of nitrogens with zero attached hydrogens (tertiary/aromatic N) is 3.